The molecule has 1 fully saturated rings. The number of rotatable bonds is 8. The van der Waals surface area contributed by atoms with Crippen LogP contribution in [0.2, 0.25) is 0 Å². The normalized spacial score (nSPS) is 14.7. The molecule has 0 aliphatic carbocycles. The molecule has 1 aliphatic heterocycles. The van der Waals surface area contributed by atoms with Gasteiger partial charge in [-0.1, -0.05) is 12.1 Å². The number of nitrogens with one attached hydrogen (secondary N) is 1. The van der Waals surface area contributed by atoms with E-state index in [2.05, 4.69) is 10.2 Å². The molecule has 1 aliphatic rings. The smallest absolute Gasteiger partial charge is 0.306 e. The van der Waals surface area contributed by atoms with Gasteiger partial charge in [0, 0.05) is 30.9 Å². The summed E-state index contributed by atoms with van der Waals surface area (Å²) in [5.41, 5.74) is 2.76. The third-order valence-corrected chi connectivity index (χ3v) is 4.97. The average Bonchev–Trinajstić information content (AvgIpc) is 2.79. The molecule has 2 aromatic rings. The minimum Gasteiger partial charge on any atom is -0.497 e. The molecular weight excluding hydrogens is 384 g/mol. The molecule has 160 valence electrons. The number of benzene rings is 2. The van der Waals surface area contributed by atoms with Gasteiger partial charge >= 0.3 is 5.97 Å². The summed E-state index contributed by atoms with van der Waals surface area (Å²) in [5.74, 6) is 0.00708. The number of esters is 1. The summed E-state index contributed by atoms with van der Waals surface area (Å²) in [6.07, 6.45) is -0.120. The van der Waals surface area contributed by atoms with Crippen molar-refractivity contribution < 1.29 is 23.8 Å². The van der Waals surface area contributed by atoms with E-state index in [-0.39, 0.29) is 12.3 Å². The minimum absolute atomic E-state index is 0.207. The van der Waals surface area contributed by atoms with Gasteiger partial charge in [0.25, 0.3) is 5.91 Å². The van der Waals surface area contributed by atoms with E-state index in [1.165, 1.54) is 0 Å². The highest BCUT2D eigenvalue weighted by atomic mass is 16.5. The number of carbonyl (C=O) groups excluding carboxylic acids is 2. The summed E-state index contributed by atoms with van der Waals surface area (Å²) in [5, 5.41) is 2.79. The fourth-order valence-corrected chi connectivity index (χ4v) is 3.17. The highest BCUT2D eigenvalue weighted by Gasteiger charge is 2.18. The van der Waals surface area contributed by atoms with Crippen molar-refractivity contribution in [1.29, 1.82) is 0 Å². The first-order valence-corrected chi connectivity index (χ1v) is 10.1. The van der Waals surface area contributed by atoms with Crippen molar-refractivity contribution in [3.05, 3.63) is 54.1 Å². The number of ether oxygens (including phenoxy) is 3. The van der Waals surface area contributed by atoms with E-state index in [9.17, 15) is 9.59 Å². The first kappa shape index (κ1) is 21.6. The Balaban J connectivity index is 1.43. The van der Waals surface area contributed by atoms with Crippen LogP contribution in [0.15, 0.2) is 48.5 Å². The van der Waals surface area contributed by atoms with Gasteiger partial charge in [0.1, 0.15) is 5.75 Å². The van der Waals surface area contributed by atoms with Crippen LogP contribution >= 0.6 is 0 Å². The molecular formula is C23H28N2O5. The number of hydrogen-bond acceptors (Lipinski definition) is 6. The van der Waals surface area contributed by atoms with Crippen LogP contribution in [-0.4, -0.2) is 51.4 Å². The molecule has 1 amide bonds. The van der Waals surface area contributed by atoms with Gasteiger partial charge in [-0.15, -0.1) is 0 Å². The summed E-state index contributed by atoms with van der Waals surface area (Å²) in [6, 6.07) is 15.1. The molecule has 1 atom stereocenters. The number of aryl methyl sites for hydroxylation is 1. The highest BCUT2D eigenvalue weighted by Crippen LogP contribution is 2.19. The molecule has 1 saturated heterocycles. The van der Waals surface area contributed by atoms with Crippen LogP contribution in [0, 0.1) is 0 Å². The molecule has 0 radical (unpaired) electrons. The second-order valence-corrected chi connectivity index (χ2v) is 7.12. The third-order valence-electron chi connectivity index (χ3n) is 4.97. The number of morpholine rings is 1. The number of amides is 1. The Labute approximate surface area is 176 Å². The summed E-state index contributed by atoms with van der Waals surface area (Å²) in [4.78, 5) is 26.7. The number of hydrogen-bond donors (Lipinski definition) is 1. The quantitative estimate of drug-likeness (QED) is 0.672. The Morgan fingerprint density at radius 1 is 1.07 bits per heavy atom. The third kappa shape index (κ3) is 6.22. The van der Waals surface area contributed by atoms with E-state index < -0.39 is 12.1 Å². The molecule has 30 heavy (non-hydrogen) atoms. The van der Waals surface area contributed by atoms with Gasteiger partial charge in [0.05, 0.1) is 20.3 Å². The second kappa shape index (κ2) is 10.6. The largest absolute Gasteiger partial charge is 0.497 e. The van der Waals surface area contributed by atoms with E-state index in [1.54, 1.807) is 14.0 Å². The van der Waals surface area contributed by atoms with Crippen LogP contribution in [0.4, 0.5) is 11.4 Å². The van der Waals surface area contributed by atoms with E-state index in [4.69, 9.17) is 14.2 Å². The molecule has 7 heteroatoms. The zero-order valence-corrected chi connectivity index (χ0v) is 17.4. The average molecular weight is 412 g/mol. The van der Waals surface area contributed by atoms with Crippen LogP contribution in [0.25, 0.3) is 0 Å². The van der Waals surface area contributed by atoms with Crippen LogP contribution in [0.5, 0.6) is 5.75 Å². The molecule has 1 unspecified atom stereocenters. The summed E-state index contributed by atoms with van der Waals surface area (Å²) in [7, 11) is 1.61. The fourth-order valence-electron chi connectivity index (χ4n) is 3.17. The van der Waals surface area contributed by atoms with E-state index in [1.807, 2.05) is 48.5 Å². The number of anilines is 2. The van der Waals surface area contributed by atoms with Crippen molar-refractivity contribution in [1.82, 2.24) is 0 Å². The molecule has 0 bridgehead atoms. The van der Waals surface area contributed by atoms with E-state index in [0.29, 0.717) is 12.1 Å². The zero-order valence-electron chi connectivity index (χ0n) is 17.4. The minimum atomic E-state index is -0.868. The SMILES string of the molecule is COc1ccc(CCC(=O)OC(C)C(=O)Nc2ccc(N3CCOCC3)cc2)cc1. The topological polar surface area (TPSA) is 77.1 Å². The van der Waals surface area contributed by atoms with Crippen molar-refractivity contribution in [2.24, 2.45) is 0 Å². The van der Waals surface area contributed by atoms with Crippen molar-refractivity contribution >= 4 is 23.3 Å². The van der Waals surface area contributed by atoms with Gasteiger partial charge in [-0.05, 0) is 55.3 Å². The highest BCUT2D eigenvalue weighted by molar-refractivity contribution is 5.95. The molecule has 0 spiro atoms. The van der Waals surface area contributed by atoms with Gasteiger partial charge in [0.15, 0.2) is 6.10 Å². The lowest BCUT2D eigenvalue weighted by Gasteiger charge is -2.28. The number of methoxy groups -OCH3 is 1. The summed E-state index contributed by atoms with van der Waals surface area (Å²) < 4.78 is 15.8. The Morgan fingerprint density at radius 2 is 1.73 bits per heavy atom. The summed E-state index contributed by atoms with van der Waals surface area (Å²) >= 11 is 0. The van der Waals surface area contributed by atoms with Crippen molar-refractivity contribution in [2.75, 3.05) is 43.6 Å². The van der Waals surface area contributed by atoms with Crippen LogP contribution in [-0.2, 0) is 25.5 Å². The number of nitrogens with zero attached hydrogens (tertiary/aromatic N) is 1. The van der Waals surface area contributed by atoms with E-state index in [0.717, 1.165) is 43.3 Å². The standard InChI is InChI=1S/C23H28N2O5/c1-17(30-22(26)12-5-18-3-10-21(28-2)11-4-18)23(27)24-19-6-8-20(9-7-19)25-13-15-29-16-14-25/h3-4,6-11,17H,5,12-16H2,1-2H3,(H,24,27). The fraction of sp³-hybridized carbons (Fsp3) is 0.391. The number of carbonyl (C=O) groups is 2. The Hall–Kier alpha value is -3.06. The van der Waals surface area contributed by atoms with Gasteiger partial charge in [-0.3, -0.25) is 9.59 Å². The molecule has 0 saturated carbocycles. The van der Waals surface area contributed by atoms with Gasteiger partial charge in [0.2, 0.25) is 0 Å². The predicted octanol–water partition coefficient (Wildman–Crippen LogP) is 3.03. The maximum absolute atomic E-state index is 12.4. The lowest BCUT2D eigenvalue weighted by molar-refractivity contribution is -0.153. The van der Waals surface area contributed by atoms with Crippen molar-refractivity contribution in [2.45, 2.75) is 25.9 Å². The first-order valence-electron chi connectivity index (χ1n) is 10.1. The van der Waals surface area contributed by atoms with Gasteiger partial charge < -0.3 is 24.4 Å². The lowest BCUT2D eigenvalue weighted by Crippen LogP contribution is -2.36. The van der Waals surface area contributed by atoms with Crippen molar-refractivity contribution in [3.63, 3.8) is 0 Å². The maximum Gasteiger partial charge on any atom is 0.306 e. The van der Waals surface area contributed by atoms with E-state index >= 15 is 0 Å². The molecule has 2 aromatic carbocycles. The molecule has 7 nitrogen and oxygen atoms in total. The van der Waals surface area contributed by atoms with Crippen molar-refractivity contribution in [3.8, 4) is 5.75 Å². The van der Waals surface area contributed by atoms with Crippen LogP contribution in [0.3, 0.4) is 0 Å². The van der Waals surface area contributed by atoms with Crippen LogP contribution in [0.1, 0.15) is 18.9 Å². The monoisotopic (exact) mass is 412 g/mol. The molecule has 1 heterocycles. The Bertz CT molecular complexity index is 830. The zero-order chi connectivity index (χ0) is 21.3. The predicted molar refractivity (Wildman–Crippen MR) is 115 cm³/mol. The van der Waals surface area contributed by atoms with Crippen LogP contribution < -0.4 is 15.0 Å². The van der Waals surface area contributed by atoms with Gasteiger partial charge in [-0.2, -0.15) is 0 Å². The Morgan fingerprint density at radius 3 is 2.37 bits per heavy atom. The maximum atomic E-state index is 12.4. The van der Waals surface area contributed by atoms with Gasteiger partial charge in [-0.25, -0.2) is 0 Å². The summed E-state index contributed by atoms with van der Waals surface area (Å²) in [6.45, 7) is 4.73. The molecule has 3 rings (SSSR count). The second-order valence-electron chi connectivity index (χ2n) is 7.12. The first-order chi connectivity index (χ1) is 14.5. The lowest BCUT2D eigenvalue weighted by atomic mass is 10.1. The molecule has 1 N–H and O–H groups in total. The Kier molecular flexibility index (Phi) is 7.68. The molecule has 0 aromatic heterocycles.